The molecular formula is C33H38ClN3O5. The number of para-hydroxylation sites is 1. The highest BCUT2D eigenvalue weighted by Gasteiger charge is 2.75. The molecule has 0 saturated carbocycles. The molecule has 6 atom stereocenters. The van der Waals surface area contributed by atoms with E-state index in [4.69, 9.17) is 16.3 Å². The molecule has 3 saturated heterocycles. The van der Waals surface area contributed by atoms with Crippen molar-refractivity contribution in [1.82, 2.24) is 9.80 Å². The Morgan fingerprint density at radius 3 is 2.45 bits per heavy atom. The van der Waals surface area contributed by atoms with E-state index in [9.17, 15) is 19.5 Å². The highest BCUT2D eigenvalue weighted by molar-refractivity contribution is 6.34. The van der Waals surface area contributed by atoms with Crippen molar-refractivity contribution >= 4 is 35.0 Å². The Kier molecular flexibility index (Phi) is 8.87. The van der Waals surface area contributed by atoms with E-state index in [0.29, 0.717) is 42.2 Å². The van der Waals surface area contributed by atoms with Crippen molar-refractivity contribution in [1.29, 1.82) is 0 Å². The summed E-state index contributed by atoms with van der Waals surface area (Å²) in [6, 6.07) is 14.3. The minimum absolute atomic E-state index is 0.145. The monoisotopic (exact) mass is 591 g/mol. The van der Waals surface area contributed by atoms with Crippen LogP contribution in [0.3, 0.4) is 0 Å². The van der Waals surface area contributed by atoms with Gasteiger partial charge in [-0.2, -0.15) is 0 Å². The lowest BCUT2D eigenvalue weighted by molar-refractivity contribution is -0.147. The molecule has 2 aromatic rings. The lowest BCUT2D eigenvalue weighted by Crippen LogP contribution is -2.57. The summed E-state index contributed by atoms with van der Waals surface area (Å²) in [6.07, 6.45) is 4.55. The number of anilines is 1. The summed E-state index contributed by atoms with van der Waals surface area (Å²) in [7, 11) is 0. The van der Waals surface area contributed by atoms with Crippen LogP contribution in [0, 0.1) is 11.8 Å². The van der Waals surface area contributed by atoms with Crippen LogP contribution >= 0.6 is 11.6 Å². The van der Waals surface area contributed by atoms with Crippen molar-refractivity contribution < 1.29 is 24.2 Å². The van der Waals surface area contributed by atoms with Crippen LogP contribution in [0.5, 0.6) is 0 Å². The van der Waals surface area contributed by atoms with Gasteiger partial charge in [0.15, 0.2) is 0 Å². The number of aliphatic hydroxyl groups is 1. The molecule has 0 aromatic heterocycles. The molecule has 3 aliphatic rings. The Labute approximate surface area is 252 Å². The Balaban J connectivity index is 1.64. The molecule has 2 bridgehead atoms. The molecule has 8 nitrogen and oxygen atoms in total. The Hall–Kier alpha value is -3.46. The van der Waals surface area contributed by atoms with Gasteiger partial charge in [0, 0.05) is 19.6 Å². The molecule has 3 fully saturated rings. The number of amides is 3. The van der Waals surface area contributed by atoms with E-state index in [1.807, 2.05) is 37.3 Å². The number of ether oxygens (including phenoxy) is 1. The molecule has 3 amide bonds. The molecule has 3 heterocycles. The first kappa shape index (κ1) is 30.0. The van der Waals surface area contributed by atoms with Crippen LogP contribution in [0.2, 0.25) is 5.02 Å². The first-order valence-electron chi connectivity index (χ1n) is 14.6. The molecule has 0 radical (unpaired) electrons. The maximum absolute atomic E-state index is 14.8. The Morgan fingerprint density at radius 2 is 1.81 bits per heavy atom. The molecular weight excluding hydrogens is 554 g/mol. The second-order valence-electron chi connectivity index (χ2n) is 11.2. The Bertz CT molecular complexity index is 1350. The molecule has 5 rings (SSSR count). The van der Waals surface area contributed by atoms with Crippen LogP contribution in [-0.4, -0.2) is 76.6 Å². The number of aliphatic hydroxyl groups excluding tert-OH is 1. The molecule has 9 heteroatoms. The van der Waals surface area contributed by atoms with Gasteiger partial charge in [0.1, 0.15) is 11.6 Å². The fourth-order valence-electron chi connectivity index (χ4n) is 7.20. The predicted octanol–water partition coefficient (Wildman–Crippen LogP) is 4.39. The van der Waals surface area contributed by atoms with E-state index in [0.717, 1.165) is 6.42 Å². The smallest absolute Gasteiger partial charge is 0.253 e. The third-order valence-corrected chi connectivity index (χ3v) is 9.15. The first-order valence-corrected chi connectivity index (χ1v) is 14.9. The van der Waals surface area contributed by atoms with Gasteiger partial charge in [0.2, 0.25) is 11.8 Å². The molecule has 2 aromatic carbocycles. The molecule has 42 heavy (non-hydrogen) atoms. The third kappa shape index (κ3) is 4.85. The van der Waals surface area contributed by atoms with Crippen LogP contribution in [0.1, 0.15) is 37.8 Å². The van der Waals surface area contributed by atoms with Gasteiger partial charge in [-0.3, -0.25) is 14.4 Å². The number of likely N-dealkylation sites (tertiary alicyclic amines) is 1. The number of fused-ring (bicyclic) bond motifs is 1. The minimum atomic E-state index is -1.23. The van der Waals surface area contributed by atoms with E-state index in [2.05, 4.69) is 13.2 Å². The highest BCUT2D eigenvalue weighted by atomic mass is 35.5. The number of hydrogen-bond donors (Lipinski definition) is 1. The van der Waals surface area contributed by atoms with E-state index in [1.54, 1.807) is 41.3 Å². The summed E-state index contributed by atoms with van der Waals surface area (Å²) in [5.74, 6) is -2.51. The fourth-order valence-corrected chi connectivity index (χ4v) is 7.44. The lowest BCUT2D eigenvalue weighted by atomic mass is 9.70. The van der Waals surface area contributed by atoms with Crippen molar-refractivity contribution in [3.63, 3.8) is 0 Å². The highest BCUT2D eigenvalue weighted by Crippen LogP contribution is 2.60. The largest absolute Gasteiger partial charge is 0.394 e. The van der Waals surface area contributed by atoms with Crippen LogP contribution < -0.4 is 4.90 Å². The number of halogens is 1. The van der Waals surface area contributed by atoms with Gasteiger partial charge in [0.05, 0.1) is 41.3 Å². The van der Waals surface area contributed by atoms with Crippen molar-refractivity contribution in [2.45, 2.75) is 50.0 Å². The summed E-state index contributed by atoms with van der Waals surface area (Å²) in [4.78, 5) is 48.2. The summed E-state index contributed by atoms with van der Waals surface area (Å²) in [5.41, 5.74) is -0.0576. The van der Waals surface area contributed by atoms with Crippen LogP contribution in [0.4, 0.5) is 5.69 Å². The molecule has 2 unspecified atom stereocenters. The van der Waals surface area contributed by atoms with Crippen molar-refractivity contribution in [2.75, 3.05) is 31.1 Å². The lowest BCUT2D eigenvalue weighted by Gasteiger charge is -2.39. The second-order valence-corrected chi connectivity index (χ2v) is 11.6. The summed E-state index contributed by atoms with van der Waals surface area (Å²) >= 11 is 6.57. The summed E-state index contributed by atoms with van der Waals surface area (Å²) < 4.78 is 6.66. The van der Waals surface area contributed by atoms with Gasteiger partial charge < -0.3 is 24.5 Å². The summed E-state index contributed by atoms with van der Waals surface area (Å²) in [6.45, 7) is 10.3. The fraction of sp³-hybridized carbons (Fsp3) is 0.424. The summed E-state index contributed by atoms with van der Waals surface area (Å²) in [5, 5.41) is 11.1. The number of benzene rings is 2. The molecule has 1 N–H and O–H groups in total. The third-order valence-electron chi connectivity index (χ3n) is 8.83. The number of carbonyl (C=O) groups excluding carboxylic acids is 3. The number of carbonyl (C=O) groups is 3. The van der Waals surface area contributed by atoms with Crippen LogP contribution in [0.25, 0.3) is 0 Å². The van der Waals surface area contributed by atoms with E-state index >= 15 is 0 Å². The number of hydrogen-bond acceptors (Lipinski definition) is 5. The standard InChI is InChI=1S/C33H38ClN3O5/c1-4-18-35(19-5-2)30(39)27-26-16-17-33(42-26)28(27)31(40)37(25(21-38)22-12-8-7-9-13-22)29(33)32(41)36(20-6-3)24-15-11-10-14-23(24)34/h4,6-15,25-29,38H,1,3,5,16-21H2,2H3/t25-,26+,27-,28+,29?,33?/m1/s1. The van der Waals surface area contributed by atoms with Gasteiger partial charge in [-0.15, -0.1) is 13.2 Å². The van der Waals surface area contributed by atoms with Gasteiger partial charge >= 0.3 is 0 Å². The maximum Gasteiger partial charge on any atom is 0.253 e. The quantitative estimate of drug-likeness (QED) is 0.370. The average Bonchev–Trinajstić information content (AvgIpc) is 3.64. The van der Waals surface area contributed by atoms with Crippen molar-refractivity contribution in [2.24, 2.45) is 11.8 Å². The van der Waals surface area contributed by atoms with E-state index in [-0.39, 0.29) is 18.4 Å². The maximum atomic E-state index is 14.8. The van der Waals surface area contributed by atoms with E-state index in [1.165, 1.54) is 9.80 Å². The predicted molar refractivity (Wildman–Crippen MR) is 162 cm³/mol. The van der Waals surface area contributed by atoms with Crippen molar-refractivity contribution in [3.8, 4) is 0 Å². The molecule has 0 aliphatic carbocycles. The van der Waals surface area contributed by atoms with Crippen LogP contribution in [-0.2, 0) is 19.1 Å². The number of rotatable bonds is 12. The molecule has 222 valence electrons. The normalized spacial score (nSPS) is 26.5. The average molecular weight is 592 g/mol. The van der Waals surface area contributed by atoms with Crippen LogP contribution in [0.15, 0.2) is 79.9 Å². The zero-order valence-corrected chi connectivity index (χ0v) is 24.7. The zero-order valence-electron chi connectivity index (χ0n) is 23.9. The SMILES string of the molecule is C=CCN(CCC)C(=O)[C@@H]1[C@@H]2CCC3(O2)C(C(=O)N(CC=C)c2ccccc2Cl)N([C@H](CO)c2ccccc2)C(=O)[C@H]13. The van der Waals surface area contributed by atoms with Gasteiger partial charge in [-0.1, -0.05) is 73.1 Å². The van der Waals surface area contributed by atoms with Crippen molar-refractivity contribution in [3.05, 3.63) is 90.5 Å². The molecule has 1 spiro atoms. The number of nitrogens with zero attached hydrogens (tertiary/aromatic N) is 3. The molecule has 3 aliphatic heterocycles. The first-order chi connectivity index (χ1) is 20.3. The minimum Gasteiger partial charge on any atom is -0.394 e. The topological polar surface area (TPSA) is 90.4 Å². The zero-order chi connectivity index (χ0) is 30.0. The van der Waals surface area contributed by atoms with Gasteiger partial charge in [0.25, 0.3) is 5.91 Å². The van der Waals surface area contributed by atoms with E-state index < -0.39 is 48.1 Å². The van der Waals surface area contributed by atoms with Gasteiger partial charge in [-0.25, -0.2) is 0 Å². The Morgan fingerprint density at radius 1 is 1.12 bits per heavy atom. The van der Waals surface area contributed by atoms with Gasteiger partial charge in [-0.05, 0) is 37.0 Å². The second kappa shape index (κ2) is 12.4.